The van der Waals surface area contributed by atoms with E-state index in [-0.39, 0.29) is 12.1 Å². The van der Waals surface area contributed by atoms with E-state index in [0.29, 0.717) is 12.5 Å². The fourth-order valence-corrected chi connectivity index (χ4v) is 3.24. The Morgan fingerprint density at radius 2 is 2.04 bits per heavy atom. The molecule has 0 spiro atoms. The highest BCUT2D eigenvalue weighted by molar-refractivity contribution is 5.74. The fraction of sp³-hybridized carbons (Fsp3) is 0.471. The highest BCUT2D eigenvalue weighted by Gasteiger charge is 2.27. The summed E-state index contributed by atoms with van der Waals surface area (Å²) < 4.78 is 1.80. The molecule has 0 saturated heterocycles. The monoisotopic (exact) mass is 313 g/mol. The lowest BCUT2D eigenvalue weighted by atomic mass is 9.92. The zero-order valence-corrected chi connectivity index (χ0v) is 13.4. The zero-order chi connectivity index (χ0) is 16.1. The number of aromatic nitrogens is 3. The molecule has 2 aromatic rings. The van der Waals surface area contributed by atoms with Crippen molar-refractivity contribution in [3.05, 3.63) is 48.0 Å². The average Bonchev–Trinajstić information content (AvgIpc) is 3.23. The summed E-state index contributed by atoms with van der Waals surface area (Å²) in [5.74, 6) is 1.25. The molecule has 2 amide bonds. The van der Waals surface area contributed by atoms with E-state index in [9.17, 15) is 4.79 Å². The number of amides is 2. The van der Waals surface area contributed by atoms with Gasteiger partial charge in [-0.25, -0.2) is 4.79 Å². The summed E-state index contributed by atoms with van der Waals surface area (Å²) in [5.41, 5.74) is 1.17. The van der Waals surface area contributed by atoms with E-state index >= 15 is 0 Å². The smallest absolute Gasteiger partial charge is 0.315 e. The molecule has 1 fully saturated rings. The maximum Gasteiger partial charge on any atom is 0.315 e. The Morgan fingerprint density at radius 3 is 2.70 bits per heavy atom. The minimum atomic E-state index is -0.159. The van der Waals surface area contributed by atoms with E-state index in [0.717, 1.165) is 5.82 Å². The van der Waals surface area contributed by atoms with Gasteiger partial charge in [0.1, 0.15) is 6.33 Å². The summed E-state index contributed by atoms with van der Waals surface area (Å²) >= 11 is 0. The Hall–Kier alpha value is -2.37. The summed E-state index contributed by atoms with van der Waals surface area (Å²) in [6.45, 7) is 0.370. The third-order valence-corrected chi connectivity index (χ3v) is 4.53. The van der Waals surface area contributed by atoms with Crippen molar-refractivity contribution in [1.29, 1.82) is 0 Å². The Balaban J connectivity index is 1.63. The van der Waals surface area contributed by atoms with Gasteiger partial charge < -0.3 is 15.2 Å². The number of carbonyl (C=O) groups is 1. The van der Waals surface area contributed by atoms with Gasteiger partial charge in [0.15, 0.2) is 5.82 Å². The molecule has 2 N–H and O–H groups in total. The van der Waals surface area contributed by atoms with Crippen molar-refractivity contribution in [2.45, 2.75) is 38.3 Å². The first-order valence-electron chi connectivity index (χ1n) is 8.16. The normalized spacial score (nSPS) is 16.2. The van der Waals surface area contributed by atoms with Gasteiger partial charge in [-0.05, 0) is 24.3 Å². The number of nitrogens with one attached hydrogen (secondary N) is 2. The SMILES string of the molecule is Cn1cnnc1CNC(=O)N[C@@H](c1ccccc1)C1CCCC1. The van der Waals surface area contributed by atoms with Gasteiger partial charge in [0.2, 0.25) is 0 Å². The molecular weight excluding hydrogens is 290 g/mol. The number of urea groups is 1. The summed E-state index contributed by atoms with van der Waals surface area (Å²) in [6, 6.07) is 10.1. The molecule has 0 aliphatic heterocycles. The third kappa shape index (κ3) is 3.88. The second-order valence-corrected chi connectivity index (χ2v) is 6.12. The van der Waals surface area contributed by atoms with Crippen molar-refractivity contribution in [1.82, 2.24) is 25.4 Å². The van der Waals surface area contributed by atoms with Gasteiger partial charge in [0.05, 0.1) is 12.6 Å². The maximum absolute atomic E-state index is 12.3. The van der Waals surface area contributed by atoms with E-state index < -0.39 is 0 Å². The quantitative estimate of drug-likeness (QED) is 0.891. The third-order valence-electron chi connectivity index (χ3n) is 4.53. The minimum Gasteiger partial charge on any atom is -0.331 e. The maximum atomic E-state index is 12.3. The summed E-state index contributed by atoms with van der Waals surface area (Å²) in [6.07, 6.45) is 6.46. The van der Waals surface area contributed by atoms with Gasteiger partial charge in [0, 0.05) is 7.05 Å². The molecule has 6 heteroatoms. The van der Waals surface area contributed by atoms with Gasteiger partial charge in [-0.1, -0.05) is 43.2 Å². The van der Waals surface area contributed by atoms with Crippen LogP contribution < -0.4 is 10.6 Å². The van der Waals surface area contributed by atoms with Crippen LogP contribution >= 0.6 is 0 Å². The van der Waals surface area contributed by atoms with Crippen LogP contribution in [0.4, 0.5) is 4.79 Å². The van der Waals surface area contributed by atoms with Crippen LogP contribution in [0.5, 0.6) is 0 Å². The molecule has 6 nitrogen and oxygen atoms in total. The topological polar surface area (TPSA) is 71.8 Å². The van der Waals surface area contributed by atoms with Crippen LogP contribution in [-0.2, 0) is 13.6 Å². The van der Waals surface area contributed by atoms with Crippen molar-refractivity contribution in [2.75, 3.05) is 0 Å². The molecule has 1 aliphatic carbocycles. The van der Waals surface area contributed by atoms with E-state index in [1.807, 2.05) is 25.2 Å². The van der Waals surface area contributed by atoms with Crippen molar-refractivity contribution in [3.63, 3.8) is 0 Å². The second kappa shape index (κ2) is 7.26. The minimum absolute atomic E-state index is 0.0678. The predicted octanol–water partition coefficient (Wildman–Crippen LogP) is 2.55. The van der Waals surface area contributed by atoms with Crippen LogP contribution in [0.15, 0.2) is 36.7 Å². The molecule has 3 rings (SSSR count). The molecule has 1 aliphatic rings. The lowest BCUT2D eigenvalue weighted by Crippen LogP contribution is -2.40. The molecule has 23 heavy (non-hydrogen) atoms. The zero-order valence-electron chi connectivity index (χ0n) is 13.4. The molecule has 0 radical (unpaired) electrons. The lowest BCUT2D eigenvalue weighted by Gasteiger charge is -2.25. The number of nitrogens with zero attached hydrogens (tertiary/aromatic N) is 3. The van der Waals surface area contributed by atoms with Crippen LogP contribution in [0.1, 0.15) is 43.1 Å². The Morgan fingerprint density at radius 1 is 1.30 bits per heavy atom. The van der Waals surface area contributed by atoms with Gasteiger partial charge in [-0.3, -0.25) is 0 Å². The second-order valence-electron chi connectivity index (χ2n) is 6.12. The molecule has 1 aromatic heterocycles. The molecule has 1 atom stereocenters. The average molecular weight is 313 g/mol. The number of aryl methyl sites for hydroxylation is 1. The van der Waals surface area contributed by atoms with E-state index in [2.05, 4.69) is 33.0 Å². The van der Waals surface area contributed by atoms with Crippen LogP contribution in [0.3, 0.4) is 0 Å². The van der Waals surface area contributed by atoms with E-state index in [1.54, 1.807) is 10.9 Å². The summed E-state index contributed by atoms with van der Waals surface area (Å²) in [7, 11) is 1.86. The molecule has 1 heterocycles. The molecule has 122 valence electrons. The van der Waals surface area contributed by atoms with Gasteiger partial charge in [-0.2, -0.15) is 0 Å². The number of hydrogen-bond donors (Lipinski definition) is 2. The first-order valence-corrected chi connectivity index (χ1v) is 8.16. The number of rotatable bonds is 5. The molecule has 0 unspecified atom stereocenters. The van der Waals surface area contributed by atoms with Crippen molar-refractivity contribution >= 4 is 6.03 Å². The first-order chi connectivity index (χ1) is 11.2. The van der Waals surface area contributed by atoms with Crippen LogP contribution in [0.25, 0.3) is 0 Å². The Labute approximate surface area is 136 Å². The number of hydrogen-bond acceptors (Lipinski definition) is 3. The molecule has 0 bridgehead atoms. The predicted molar refractivity (Wildman–Crippen MR) is 87.5 cm³/mol. The first kappa shape index (κ1) is 15.5. The van der Waals surface area contributed by atoms with Crippen molar-refractivity contribution in [3.8, 4) is 0 Å². The van der Waals surface area contributed by atoms with Crippen LogP contribution in [0, 0.1) is 5.92 Å². The number of benzene rings is 1. The van der Waals surface area contributed by atoms with Crippen molar-refractivity contribution in [2.24, 2.45) is 13.0 Å². The van der Waals surface area contributed by atoms with Crippen LogP contribution in [0.2, 0.25) is 0 Å². The summed E-state index contributed by atoms with van der Waals surface area (Å²) in [4.78, 5) is 12.3. The highest BCUT2D eigenvalue weighted by atomic mass is 16.2. The fourth-order valence-electron chi connectivity index (χ4n) is 3.24. The van der Waals surface area contributed by atoms with Crippen LogP contribution in [-0.4, -0.2) is 20.8 Å². The largest absolute Gasteiger partial charge is 0.331 e. The Bertz CT molecular complexity index is 633. The lowest BCUT2D eigenvalue weighted by molar-refractivity contribution is 0.230. The molecule has 1 saturated carbocycles. The van der Waals surface area contributed by atoms with Gasteiger partial charge >= 0.3 is 6.03 Å². The van der Waals surface area contributed by atoms with Gasteiger partial charge in [0.25, 0.3) is 0 Å². The molecular formula is C17H23N5O. The van der Waals surface area contributed by atoms with E-state index in [4.69, 9.17) is 0 Å². The summed E-state index contributed by atoms with van der Waals surface area (Å²) in [5, 5.41) is 13.8. The van der Waals surface area contributed by atoms with E-state index in [1.165, 1.54) is 31.2 Å². The van der Waals surface area contributed by atoms with Gasteiger partial charge in [-0.15, -0.1) is 10.2 Å². The number of carbonyl (C=O) groups excluding carboxylic acids is 1. The standard InChI is InChI=1S/C17H23N5O/c1-22-12-19-21-15(22)11-18-17(23)20-16(14-9-5-6-10-14)13-7-3-2-4-8-13/h2-4,7-8,12,14,16H,5-6,9-11H2,1H3,(H2,18,20,23)/t16-/m0/s1. The van der Waals surface area contributed by atoms with Crippen molar-refractivity contribution < 1.29 is 4.79 Å². The molecule has 1 aromatic carbocycles. The Kier molecular flexibility index (Phi) is 4.90. The highest BCUT2D eigenvalue weighted by Crippen LogP contribution is 2.35.